The number of halogens is 1. The Morgan fingerprint density at radius 1 is 0.925 bits per heavy atom. The lowest BCUT2D eigenvalue weighted by Crippen LogP contribution is -2.34. The normalized spacial score (nSPS) is 15.8. The molecule has 5 N–H and O–H groups in total. The minimum Gasteiger partial charge on any atom is -0.489 e. The number of aromatic amines is 2. The van der Waals surface area contributed by atoms with Gasteiger partial charge in [0.15, 0.2) is 0 Å². The van der Waals surface area contributed by atoms with Crippen molar-refractivity contribution in [2.24, 2.45) is 5.73 Å². The summed E-state index contributed by atoms with van der Waals surface area (Å²) in [4.78, 5) is 8.01. The molecule has 1 aliphatic heterocycles. The molecule has 7 rings (SSSR count). The number of hydrogen-bond donors (Lipinski definition) is 4. The van der Waals surface area contributed by atoms with Gasteiger partial charge in [0.25, 0.3) is 0 Å². The first-order valence-electron chi connectivity index (χ1n) is 13.6. The Morgan fingerprint density at radius 2 is 1.82 bits per heavy atom. The molecule has 5 aromatic rings. The highest BCUT2D eigenvalue weighted by Crippen LogP contribution is 2.36. The summed E-state index contributed by atoms with van der Waals surface area (Å²) in [5.41, 5.74) is 15.3. The number of ether oxygens (including phenoxy) is 1. The number of nitrogens with one attached hydrogen (secondary N) is 3. The van der Waals surface area contributed by atoms with Crippen molar-refractivity contribution >= 4 is 16.5 Å². The molecular weight excluding hydrogens is 503 g/mol. The number of aromatic nitrogens is 4. The van der Waals surface area contributed by atoms with Crippen LogP contribution in [0.15, 0.2) is 84.8 Å². The number of hydrogen-bond acceptors (Lipinski definition) is 5. The van der Waals surface area contributed by atoms with Crippen molar-refractivity contribution in [3.63, 3.8) is 0 Å². The number of H-pyrrole nitrogens is 2. The van der Waals surface area contributed by atoms with Gasteiger partial charge in [-0.05, 0) is 85.1 Å². The largest absolute Gasteiger partial charge is 0.489 e. The first-order chi connectivity index (χ1) is 19.6. The first-order valence-corrected chi connectivity index (χ1v) is 13.6. The molecule has 1 aliphatic carbocycles. The molecule has 0 radical (unpaired) electrons. The summed E-state index contributed by atoms with van der Waals surface area (Å²) in [6, 6.07) is 17.0. The highest BCUT2D eigenvalue weighted by Gasteiger charge is 2.20. The Bertz CT molecular complexity index is 1780. The predicted octanol–water partition coefficient (Wildman–Crippen LogP) is 5.72. The summed E-state index contributed by atoms with van der Waals surface area (Å²) in [5, 5.41) is 12.2. The van der Waals surface area contributed by atoms with Crippen molar-refractivity contribution in [1.29, 1.82) is 0 Å². The zero-order valence-corrected chi connectivity index (χ0v) is 21.9. The van der Waals surface area contributed by atoms with Gasteiger partial charge >= 0.3 is 0 Å². The highest BCUT2D eigenvalue weighted by atomic mass is 19.1. The Kier molecular flexibility index (Phi) is 6.17. The first kappa shape index (κ1) is 24.4. The summed E-state index contributed by atoms with van der Waals surface area (Å²) in [6.45, 7) is 1.95. The number of nitrogens with two attached hydrogens (primary N) is 1. The smallest absolute Gasteiger partial charge is 0.138 e. The van der Waals surface area contributed by atoms with Crippen LogP contribution in [0.4, 0.5) is 4.39 Å². The van der Waals surface area contributed by atoms with Crippen molar-refractivity contribution in [2.45, 2.75) is 25.4 Å². The highest BCUT2D eigenvalue weighted by molar-refractivity contribution is 5.96. The molecule has 8 heteroatoms. The van der Waals surface area contributed by atoms with Crippen LogP contribution in [0.25, 0.3) is 39.0 Å². The second-order valence-electron chi connectivity index (χ2n) is 10.4. The molecule has 4 heterocycles. The van der Waals surface area contributed by atoms with Crippen LogP contribution in [0.5, 0.6) is 5.75 Å². The van der Waals surface area contributed by atoms with Crippen molar-refractivity contribution in [3.05, 3.63) is 107 Å². The summed E-state index contributed by atoms with van der Waals surface area (Å²) in [6.07, 6.45) is 10.2. The molecule has 2 aromatic carbocycles. The average Bonchev–Trinajstić information content (AvgIpc) is 3.54. The Morgan fingerprint density at radius 3 is 2.70 bits per heavy atom. The van der Waals surface area contributed by atoms with Crippen molar-refractivity contribution < 1.29 is 9.13 Å². The molecule has 0 saturated carbocycles. The van der Waals surface area contributed by atoms with E-state index in [2.05, 4.69) is 49.7 Å². The van der Waals surface area contributed by atoms with Crippen LogP contribution in [-0.4, -0.2) is 39.4 Å². The van der Waals surface area contributed by atoms with E-state index in [-0.39, 0.29) is 11.9 Å². The molecule has 0 atom stereocenters. The molecule has 200 valence electrons. The standard InChI is InChI=1S/C32H29FN6O/c33-22-3-1-2-20(12-22)26-6-5-23(34)15-30-27(26)16-31(37-30)32-28-14-19(4-7-29(28)38-39-32)21-13-25(18-36-17-21)40-24-8-10-35-11-9-24/h1-7,12-14,16-18,24,35,37H,8-11,15,34H2,(H,38,39). The maximum atomic E-state index is 14.1. The minimum atomic E-state index is -0.276. The Balaban J connectivity index is 1.25. The maximum Gasteiger partial charge on any atom is 0.138 e. The van der Waals surface area contributed by atoms with Gasteiger partial charge in [-0.1, -0.05) is 24.3 Å². The van der Waals surface area contributed by atoms with E-state index >= 15 is 0 Å². The number of nitrogens with zero attached hydrogens (tertiary/aromatic N) is 2. The fraction of sp³-hybridized carbons (Fsp3) is 0.188. The van der Waals surface area contributed by atoms with E-state index in [9.17, 15) is 4.39 Å². The fourth-order valence-corrected chi connectivity index (χ4v) is 5.60. The molecule has 3 aromatic heterocycles. The summed E-state index contributed by atoms with van der Waals surface area (Å²) < 4.78 is 20.3. The molecule has 2 aliphatic rings. The second kappa shape index (κ2) is 10.1. The number of rotatable bonds is 5. The molecule has 1 saturated heterocycles. The molecule has 1 fully saturated rings. The van der Waals surface area contributed by atoms with Gasteiger partial charge < -0.3 is 20.8 Å². The number of benzene rings is 2. The van der Waals surface area contributed by atoms with E-state index in [0.29, 0.717) is 6.42 Å². The van der Waals surface area contributed by atoms with Crippen LogP contribution in [-0.2, 0) is 6.42 Å². The van der Waals surface area contributed by atoms with Gasteiger partial charge in [-0.3, -0.25) is 10.1 Å². The van der Waals surface area contributed by atoms with Crippen molar-refractivity contribution in [1.82, 2.24) is 25.5 Å². The van der Waals surface area contributed by atoms with E-state index in [4.69, 9.17) is 10.5 Å². The maximum absolute atomic E-state index is 14.1. The number of piperidine rings is 1. The molecule has 0 bridgehead atoms. The van der Waals surface area contributed by atoms with Gasteiger partial charge in [0, 0.05) is 40.5 Å². The van der Waals surface area contributed by atoms with E-state index < -0.39 is 0 Å². The molecule has 7 nitrogen and oxygen atoms in total. The molecule has 0 unspecified atom stereocenters. The lowest BCUT2D eigenvalue weighted by Gasteiger charge is -2.23. The van der Waals surface area contributed by atoms with Crippen LogP contribution in [0.2, 0.25) is 0 Å². The molecule has 0 amide bonds. The molecular formula is C32H29FN6O. The average molecular weight is 533 g/mol. The van der Waals surface area contributed by atoms with E-state index in [1.165, 1.54) is 6.07 Å². The monoisotopic (exact) mass is 532 g/mol. The number of allylic oxidation sites excluding steroid dienone is 3. The van der Waals surface area contributed by atoms with Crippen molar-refractivity contribution in [2.75, 3.05) is 13.1 Å². The van der Waals surface area contributed by atoms with Crippen LogP contribution in [0, 0.1) is 5.82 Å². The lowest BCUT2D eigenvalue weighted by molar-refractivity contribution is 0.162. The predicted molar refractivity (Wildman–Crippen MR) is 155 cm³/mol. The third kappa shape index (κ3) is 4.67. The van der Waals surface area contributed by atoms with E-state index in [1.54, 1.807) is 18.3 Å². The zero-order valence-electron chi connectivity index (χ0n) is 21.9. The van der Waals surface area contributed by atoms with Crippen LogP contribution in [0.3, 0.4) is 0 Å². The third-order valence-corrected chi connectivity index (χ3v) is 7.62. The molecule has 40 heavy (non-hydrogen) atoms. The van der Waals surface area contributed by atoms with Gasteiger partial charge in [-0.25, -0.2) is 4.39 Å². The fourth-order valence-electron chi connectivity index (χ4n) is 5.60. The van der Waals surface area contributed by atoms with Crippen LogP contribution >= 0.6 is 0 Å². The van der Waals surface area contributed by atoms with E-state index in [1.807, 2.05) is 30.5 Å². The topological polar surface area (TPSA) is 105 Å². The Hall–Kier alpha value is -4.69. The Labute approximate surface area is 231 Å². The van der Waals surface area contributed by atoms with Gasteiger partial charge in [-0.2, -0.15) is 5.10 Å². The summed E-state index contributed by atoms with van der Waals surface area (Å²) >= 11 is 0. The van der Waals surface area contributed by atoms with Gasteiger partial charge in [0.2, 0.25) is 0 Å². The second-order valence-corrected chi connectivity index (χ2v) is 10.4. The van der Waals surface area contributed by atoms with Crippen molar-refractivity contribution in [3.8, 4) is 28.3 Å². The lowest BCUT2D eigenvalue weighted by atomic mass is 9.97. The number of fused-ring (bicyclic) bond motifs is 2. The summed E-state index contributed by atoms with van der Waals surface area (Å²) in [7, 11) is 0. The van der Waals surface area contributed by atoms with Gasteiger partial charge in [-0.15, -0.1) is 0 Å². The zero-order chi connectivity index (χ0) is 27.1. The van der Waals surface area contributed by atoms with Gasteiger partial charge in [0.1, 0.15) is 23.4 Å². The summed E-state index contributed by atoms with van der Waals surface area (Å²) in [5.74, 6) is 0.509. The quantitative estimate of drug-likeness (QED) is 0.232. The third-order valence-electron chi connectivity index (χ3n) is 7.62. The minimum absolute atomic E-state index is 0.208. The van der Waals surface area contributed by atoms with Gasteiger partial charge in [0.05, 0.1) is 17.4 Å². The van der Waals surface area contributed by atoms with Crippen LogP contribution in [0.1, 0.15) is 29.7 Å². The molecule has 0 spiro atoms. The van der Waals surface area contributed by atoms with Crippen LogP contribution < -0.4 is 15.8 Å². The number of pyridine rings is 1. The SMILES string of the molecule is NC1=CC=C(c2cccc(F)c2)c2cc(-c3n[nH]c4ccc(-c5cncc(OC6CCNCC6)c5)cc34)[nH]c2C1. The van der Waals surface area contributed by atoms with E-state index in [0.717, 1.165) is 93.2 Å².